The molecule has 0 radical (unpaired) electrons. The minimum absolute atomic E-state index is 0.00530. The van der Waals surface area contributed by atoms with Gasteiger partial charge in [0.15, 0.2) is 10.9 Å². The Labute approximate surface area is 174 Å². The number of hydrogen-bond donors (Lipinski definition) is 2. The zero-order valence-corrected chi connectivity index (χ0v) is 17.8. The molecule has 1 amide bonds. The van der Waals surface area contributed by atoms with Crippen LogP contribution in [0.1, 0.15) is 53.4 Å². The Morgan fingerprint density at radius 3 is 2.66 bits per heavy atom. The molecule has 3 aromatic rings. The van der Waals surface area contributed by atoms with Crippen molar-refractivity contribution in [1.29, 1.82) is 0 Å². The highest BCUT2D eigenvalue weighted by molar-refractivity contribution is 7.13. The van der Waals surface area contributed by atoms with E-state index in [1.165, 1.54) is 11.3 Å². The number of hydrogen-bond acceptors (Lipinski definition) is 6. The molecule has 2 aromatic heterocycles. The van der Waals surface area contributed by atoms with Gasteiger partial charge in [-0.1, -0.05) is 32.0 Å². The molecule has 0 unspecified atom stereocenters. The van der Waals surface area contributed by atoms with Crippen LogP contribution >= 0.6 is 11.3 Å². The number of aryl methyl sites for hydroxylation is 1. The van der Waals surface area contributed by atoms with Crippen LogP contribution in [0, 0.1) is 19.3 Å². The van der Waals surface area contributed by atoms with Crippen molar-refractivity contribution in [2.45, 2.75) is 40.5 Å². The number of carbonyl (C=O) groups is 1. The summed E-state index contributed by atoms with van der Waals surface area (Å²) in [6.45, 7) is 8.18. The Kier molecular flexibility index (Phi) is 5.00. The summed E-state index contributed by atoms with van der Waals surface area (Å²) in [5.41, 5.74) is 7.59. The van der Waals surface area contributed by atoms with Crippen LogP contribution in [0.15, 0.2) is 45.2 Å². The van der Waals surface area contributed by atoms with E-state index in [0.717, 1.165) is 46.8 Å². The number of anilines is 2. The van der Waals surface area contributed by atoms with Gasteiger partial charge in [0.1, 0.15) is 5.76 Å². The van der Waals surface area contributed by atoms with Crippen LogP contribution in [0.2, 0.25) is 0 Å². The van der Waals surface area contributed by atoms with E-state index in [4.69, 9.17) is 4.42 Å². The monoisotopic (exact) mass is 408 g/mol. The summed E-state index contributed by atoms with van der Waals surface area (Å²) in [5, 5.41) is 9.99. The Morgan fingerprint density at radius 2 is 1.97 bits per heavy atom. The number of furan rings is 1. The molecule has 0 aliphatic heterocycles. The first-order valence-corrected chi connectivity index (χ1v) is 10.4. The largest absolute Gasteiger partial charge is 0.455 e. The molecule has 0 bridgehead atoms. The van der Waals surface area contributed by atoms with Crippen molar-refractivity contribution in [2.75, 3.05) is 10.7 Å². The van der Waals surface area contributed by atoms with Gasteiger partial charge < -0.3 is 4.42 Å². The van der Waals surface area contributed by atoms with Gasteiger partial charge >= 0.3 is 0 Å². The summed E-state index contributed by atoms with van der Waals surface area (Å²) in [6.07, 6.45) is 1.56. The van der Waals surface area contributed by atoms with Crippen molar-refractivity contribution >= 4 is 33.8 Å². The molecular formula is C22H24N4O2S. The van der Waals surface area contributed by atoms with Crippen molar-refractivity contribution < 1.29 is 9.21 Å². The van der Waals surface area contributed by atoms with E-state index in [0.29, 0.717) is 10.9 Å². The lowest BCUT2D eigenvalue weighted by Gasteiger charge is -2.29. The molecule has 6 nitrogen and oxygen atoms in total. The van der Waals surface area contributed by atoms with E-state index in [2.05, 4.69) is 34.7 Å². The molecule has 0 saturated carbocycles. The van der Waals surface area contributed by atoms with Gasteiger partial charge in [0.2, 0.25) is 0 Å². The summed E-state index contributed by atoms with van der Waals surface area (Å²) in [7, 11) is 0. The third-order valence-corrected chi connectivity index (χ3v) is 5.81. The van der Waals surface area contributed by atoms with E-state index < -0.39 is 0 Å². The lowest BCUT2D eigenvalue weighted by Crippen LogP contribution is -2.27. The highest BCUT2D eigenvalue weighted by atomic mass is 32.1. The lowest BCUT2D eigenvalue weighted by molar-refractivity contribution is 0.0993. The first-order chi connectivity index (χ1) is 13.8. The van der Waals surface area contributed by atoms with E-state index in [9.17, 15) is 4.79 Å². The second-order valence-corrected chi connectivity index (χ2v) is 9.01. The van der Waals surface area contributed by atoms with Gasteiger partial charge in [-0.2, -0.15) is 5.10 Å². The molecule has 1 aromatic carbocycles. The SMILES string of the molecule is Cc1csc(NC(=O)c2oc3c(c2C)/C(=N\Nc2ccccc2)CC(C)(C)C3)n1. The van der Waals surface area contributed by atoms with Crippen LogP contribution in [-0.4, -0.2) is 16.6 Å². The maximum Gasteiger partial charge on any atom is 0.293 e. The Balaban J connectivity index is 1.67. The smallest absolute Gasteiger partial charge is 0.293 e. The minimum Gasteiger partial charge on any atom is -0.455 e. The number of thiazole rings is 1. The molecule has 2 heterocycles. The van der Waals surface area contributed by atoms with Crippen LogP contribution < -0.4 is 10.7 Å². The van der Waals surface area contributed by atoms with Crippen LogP contribution in [0.3, 0.4) is 0 Å². The third kappa shape index (κ3) is 4.10. The summed E-state index contributed by atoms with van der Waals surface area (Å²) >= 11 is 1.40. The maximum atomic E-state index is 12.8. The zero-order chi connectivity index (χ0) is 20.6. The molecule has 0 atom stereocenters. The standard InChI is InChI=1S/C22H24N4O2S/c1-13-12-29-21(23-13)24-20(27)19-14(2)18-16(10-22(3,4)11-17(18)28-19)26-25-15-8-6-5-7-9-15/h5-9,12,25H,10-11H2,1-4H3,(H,23,24,27)/b26-16-. The fourth-order valence-electron chi connectivity index (χ4n) is 3.64. The van der Waals surface area contributed by atoms with Gasteiger partial charge in [0.25, 0.3) is 5.91 Å². The number of amides is 1. The van der Waals surface area contributed by atoms with Crippen molar-refractivity contribution in [1.82, 2.24) is 4.98 Å². The Bertz CT molecular complexity index is 1080. The maximum absolute atomic E-state index is 12.8. The number of rotatable bonds is 4. The molecule has 1 aliphatic rings. The summed E-state index contributed by atoms with van der Waals surface area (Å²) < 4.78 is 6.05. The third-order valence-electron chi connectivity index (χ3n) is 4.93. The van der Waals surface area contributed by atoms with E-state index >= 15 is 0 Å². The molecule has 0 spiro atoms. The zero-order valence-electron chi connectivity index (χ0n) is 17.0. The van der Waals surface area contributed by atoms with Crippen molar-refractivity contribution in [3.8, 4) is 0 Å². The average Bonchev–Trinajstić information content (AvgIpc) is 3.22. The van der Waals surface area contributed by atoms with Gasteiger partial charge in [0.05, 0.1) is 17.1 Å². The molecule has 29 heavy (non-hydrogen) atoms. The highest BCUT2D eigenvalue weighted by Gasteiger charge is 2.36. The number of fused-ring (bicyclic) bond motifs is 1. The van der Waals surface area contributed by atoms with Gasteiger partial charge in [-0.25, -0.2) is 4.98 Å². The number of hydrazone groups is 1. The normalized spacial score (nSPS) is 16.5. The van der Waals surface area contributed by atoms with Gasteiger partial charge in [-0.05, 0) is 37.8 Å². The second kappa shape index (κ2) is 7.48. The van der Waals surface area contributed by atoms with E-state index in [1.807, 2.05) is 49.6 Å². The Morgan fingerprint density at radius 1 is 1.21 bits per heavy atom. The summed E-state index contributed by atoms with van der Waals surface area (Å²) in [5.74, 6) is 0.861. The molecule has 1 aliphatic carbocycles. The van der Waals surface area contributed by atoms with Crippen LogP contribution in [-0.2, 0) is 6.42 Å². The van der Waals surface area contributed by atoms with Crippen molar-refractivity contribution in [2.24, 2.45) is 10.5 Å². The molecule has 150 valence electrons. The summed E-state index contributed by atoms with van der Waals surface area (Å²) in [6, 6.07) is 9.83. The molecule has 0 saturated heterocycles. The topological polar surface area (TPSA) is 79.5 Å². The number of carbonyl (C=O) groups excluding carboxylic acids is 1. The Hall–Kier alpha value is -2.93. The van der Waals surface area contributed by atoms with Crippen molar-refractivity contribution in [3.05, 3.63) is 64.1 Å². The van der Waals surface area contributed by atoms with Gasteiger partial charge in [0, 0.05) is 22.9 Å². The van der Waals surface area contributed by atoms with Crippen LogP contribution in [0.25, 0.3) is 0 Å². The average molecular weight is 409 g/mol. The number of aromatic nitrogens is 1. The van der Waals surface area contributed by atoms with E-state index in [1.54, 1.807) is 0 Å². The first-order valence-electron chi connectivity index (χ1n) is 9.56. The lowest BCUT2D eigenvalue weighted by atomic mass is 9.75. The van der Waals surface area contributed by atoms with Gasteiger partial charge in [-0.15, -0.1) is 11.3 Å². The fourth-order valence-corrected chi connectivity index (χ4v) is 4.32. The van der Waals surface area contributed by atoms with Crippen molar-refractivity contribution in [3.63, 3.8) is 0 Å². The number of benzene rings is 1. The predicted molar refractivity (Wildman–Crippen MR) is 117 cm³/mol. The molecule has 7 heteroatoms. The quantitative estimate of drug-likeness (QED) is 0.567. The van der Waals surface area contributed by atoms with Crippen LogP contribution in [0.5, 0.6) is 0 Å². The first kappa shape index (κ1) is 19.4. The second-order valence-electron chi connectivity index (χ2n) is 8.16. The number of nitrogens with one attached hydrogen (secondary N) is 2. The molecular weight excluding hydrogens is 384 g/mol. The van der Waals surface area contributed by atoms with Gasteiger partial charge in [-0.3, -0.25) is 15.5 Å². The minimum atomic E-state index is -0.278. The number of nitrogens with zero attached hydrogens (tertiary/aromatic N) is 2. The number of para-hydroxylation sites is 1. The molecule has 0 fully saturated rings. The fraction of sp³-hybridized carbons (Fsp3) is 0.318. The molecule has 2 N–H and O–H groups in total. The molecule has 4 rings (SSSR count). The van der Waals surface area contributed by atoms with Crippen LogP contribution in [0.4, 0.5) is 10.8 Å². The highest BCUT2D eigenvalue weighted by Crippen LogP contribution is 2.39. The summed E-state index contributed by atoms with van der Waals surface area (Å²) in [4.78, 5) is 17.1. The van der Waals surface area contributed by atoms with E-state index in [-0.39, 0.29) is 11.3 Å². The predicted octanol–water partition coefficient (Wildman–Crippen LogP) is 5.39.